The summed E-state index contributed by atoms with van der Waals surface area (Å²) < 4.78 is 10.9. The van der Waals surface area contributed by atoms with E-state index >= 15 is 0 Å². The Hall–Kier alpha value is -1.26. The van der Waals surface area contributed by atoms with E-state index in [4.69, 9.17) is 20.3 Å². The average molecular weight is 225 g/mol. The second kappa shape index (κ2) is 6.35. The van der Waals surface area contributed by atoms with E-state index in [1.54, 1.807) is 25.3 Å². The lowest BCUT2D eigenvalue weighted by molar-refractivity contribution is 0.196. The van der Waals surface area contributed by atoms with Gasteiger partial charge >= 0.3 is 0 Å². The van der Waals surface area contributed by atoms with E-state index in [1.165, 1.54) is 0 Å². The lowest BCUT2D eigenvalue weighted by Gasteiger charge is -2.18. The molecule has 1 unspecified atom stereocenters. The third kappa shape index (κ3) is 3.12. The van der Waals surface area contributed by atoms with Crippen molar-refractivity contribution in [2.75, 3.05) is 13.7 Å². The van der Waals surface area contributed by atoms with E-state index in [0.717, 1.165) is 12.0 Å². The molecular weight excluding hydrogens is 206 g/mol. The van der Waals surface area contributed by atoms with Gasteiger partial charge < -0.3 is 20.3 Å². The minimum atomic E-state index is -0.00919. The lowest BCUT2D eigenvalue weighted by atomic mass is 10.2. The second-order valence-corrected chi connectivity index (χ2v) is 3.53. The third-order valence-electron chi connectivity index (χ3n) is 2.42. The molecule has 1 atom stereocenters. The molecule has 1 aromatic carbocycles. The first-order valence-corrected chi connectivity index (χ1v) is 5.39. The van der Waals surface area contributed by atoms with Crippen LogP contribution in [0.25, 0.3) is 0 Å². The Bertz CT molecular complexity index is 324. The zero-order chi connectivity index (χ0) is 12.0. The number of ether oxygens (including phenoxy) is 2. The molecular formula is C12H19NO3. The summed E-state index contributed by atoms with van der Waals surface area (Å²) >= 11 is 0. The highest BCUT2D eigenvalue weighted by Gasteiger charge is 2.10. The van der Waals surface area contributed by atoms with E-state index < -0.39 is 0 Å². The molecule has 0 aliphatic heterocycles. The molecule has 0 saturated carbocycles. The summed E-state index contributed by atoms with van der Waals surface area (Å²) in [5.41, 5.74) is 6.37. The Balaban J connectivity index is 2.86. The van der Waals surface area contributed by atoms with Crippen molar-refractivity contribution in [3.63, 3.8) is 0 Å². The maximum Gasteiger partial charge on any atom is 0.161 e. The second-order valence-electron chi connectivity index (χ2n) is 3.53. The summed E-state index contributed by atoms with van der Waals surface area (Å²) in [4.78, 5) is 0. The number of benzene rings is 1. The molecule has 16 heavy (non-hydrogen) atoms. The molecule has 0 amide bonds. The highest BCUT2D eigenvalue weighted by molar-refractivity contribution is 5.42. The Labute approximate surface area is 96.0 Å². The first-order valence-electron chi connectivity index (χ1n) is 5.39. The molecule has 0 aliphatic carbocycles. The third-order valence-corrected chi connectivity index (χ3v) is 2.42. The van der Waals surface area contributed by atoms with Crippen LogP contribution in [0.1, 0.15) is 18.9 Å². The Morgan fingerprint density at radius 1 is 1.38 bits per heavy atom. The van der Waals surface area contributed by atoms with Gasteiger partial charge in [-0.1, -0.05) is 13.0 Å². The maximum atomic E-state index is 9.01. The summed E-state index contributed by atoms with van der Waals surface area (Å²) in [5, 5.41) is 9.01. The molecule has 0 saturated heterocycles. The van der Waals surface area contributed by atoms with Gasteiger partial charge in [0.25, 0.3) is 0 Å². The molecule has 0 aromatic heterocycles. The van der Waals surface area contributed by atoms with Crippen LogP contribution < -0.4 is 15.2 Å². The number of hydrogen-bond acceptors (Lipinski definition) is 4. The van der Waals surface area contributed by atoms with Crippen LogP contribution in [-0.2, 0) is 6.61 Å². The highest BCUT2D eigenvalue weighted by atomic mass is 16.5. The summed E-state index contributed by atoms with van der Waals surface area (Å²) in [6.45, 7) is 2.48. The Kier molecular flexibility index (Phi) is 5.08. The van der Waals surface area contributed by atoms with Crippen LogP contribution in [-0.4, -0.2) is 24.9 Å². The van der Waals surface area contributed by atoms with Crippen LogP contribution in [0.15, 0.2) is 18.2 Å². The Morgan fingerprint density at radius 3 is 2.62 bits per heavy atom. The molecule has 0 spiro atoms. The first-order chi connectivity index (χ1) is 7.74. The van der Waals surface area contributed by atoms with Gasteiger partial charge in [-0.05, 0) is 24.1 Å². The quantitative estimate of drug-likeness (QED) is 0.766. The fraction of sp³-hybridized carbons (Fsp3) is 0.500. The van der Waals surface area contributed by atoms with Crippen molar-refractivity contribution in [2.45, 2.75) is 26.1 Å². The topological polar surface area (TPSA) is 64.7 Å². The number of hydrogen-bond donors (Lipinski definition) is 2. The minimum Gasteiger partial charge on any atom is -0.493 e. The van der Waals surface area contributed by atoms with Crippen LogP contribution in [0, 0.1) is 0 Å². The summed E-state index contributed by atoms with van der Waals surface area (Å²) in [6.07, 6.45) is 0.843. The fourth-order valence-electron chi connectivity index (χ4n) is 1.39. The molecule has 0 bridgehead atoms. The van der Waals surface area contributed by atoms with E-state index in [9.17, 15) is 0 Å². The van der Waals surface area contributed by atoms with Crippen molar-refractivity contribution >= 4 is 0 Å². The molecule has 0 radical (unpaired) electrons. The van der Waals surface area contributed by atoms with Crippen molar-refractivity contribution in [1.82, 2.24) is 0 Å². The van der Waals surface area contributed by atoms with Gasteiger partial charge in [0.1, 0.15) is 6.10 Å². The molecule has 3 N–H and O–H groups in total. The van der Waals surface area contributed by atoms with Crippen LogP contribution >= 0.6 is 0 Å². The molecule has 4 nitrogen and oxygen atoms in total. The van der Waals surface area contributed by atoms with Crippen LogP contribution in [0.3, 0.4) is 0 Å². The zero-order valence-electron chi connectivity index (χ0n) is 9.77. The maximum absolute atomic E-state index is 9.01. The number of aliphatic hydroxyl groups is 1. The Morgan fingerprint density at radius 2 is 2.12 bits per heavy atom. The van der Waals surface area contributed by atoms with Crippen LogP contribution in [0.2, 0.25) is 0 Å². The first kappa shape index (κ1) is 12.8. The molecule has 4 heteroatoms. The summed E-state index contributed by atoms with van der Waals surface area (Å²) in [6, 6.07) is 5.36. The molecule has 1 aromatic rings. The lowest BCUT2D eigenvalue weighted by Crippen LogP contribution is -2.25. The van der Waals surface area contributed by atoms with E-state index in [1.807, 2.05) is 6.92 Å². The van der Waals surface area contributed by atoms with Gasteiger partial charge in [-0.2, -0.15) is 0 Å². The van der Waals surface area contributed by atoms with Crippen molar-refractivity contribution in [3.8, 4) is 11.5 Å². The largest absolute Gasteiger partial charge is 0.493 e. The van der Waals surface area contributed by atoms with Gasteiger partial charge in [0.15, 0.2) is 11.5 Å². The highest BCUT2D eigenvalue weighted by Crippen LogP contribution is 2.29. The zero-order valence-corrected chi connectivity index (χ0v) is 9.77. The van der Waals surface area contributed by atoms with Gasteiger partial charge in [0.2, 0.25) is 0 Å². The van der Waals surface area contributed by atoms with Gasteiger partial charge in [-0.15, -0.1) is 0 Å². The standard InChI is InChI=1S/C12H19NO3/c1-3-10(7-13)16-11-5-4-9(8-14)6-12(11)15-2/h4-6,10,14H,3,7-8,13H2,1-2H3. The number of methoxy groups -OCH3 is 1. The van der Waals surface area contributed by atoms with E-state index in [0.29, 0.717) is 18.0 Å². The molecule has 0 fully saturated rings. The minimum absolute atomic E-state index is 0.00567. The van der Waals surface area contributed by atoms with Crippen LogP contribution in [0.5, 0.6) is 11.5 Å². The normalized spacial score (nSPS) is 12.2. The van der Waals surface area contributed by atoms with Gasteiger partial charge in [-0.3, -0.25) is 0 Å². The fourth-order valence-corrected chi connectivity index (χ4v) is 1.39. The number of nitrogens with two attached hydrogens (primary N) is 1. The molecule has 0 heterocycles. The van der Waals surface area contributed by atoms with Crippen molar-refractivity contribution in [2.24, 2.45) is 5.73 Å². The smallest absolute Gasteiger partial charge is 0.161 e. The average Bonchev–Trinajstić information content (AvgIpc) is 2.35. The van der Waals surface area contributed by atoms with Gasteiger partial charge in [0, 0.05) is 6.54 Å². The SMILES string of the molecule is CCC(CN)Oc1ccc(CO)cc1OC. The molecule has 0 aliphatic rings. The summed E-state index contributed by atoms with van der Waals surface area (Å²) in [5.74, 6) is 1.29. The summed E-state index contributed by atoms with van der Waals surface area (Å²) in [7, 11) is 1.58. The van der Waals surface area contributed by atoms with E-state index in [-0.39, 0.29) is 12.7 Å². The van der Waals surface area contributed by atoms with Gasteiger partial charge in [-0.25, -0.2) is 0 Å². The predicted molar refractivity (Wildman–Crippen MR) is 62.7 cm³/mol. The monoisotopic (exact) mass is 225 g/mol. The number of aliphatic hydroxyl groups excluding tert-OH is 1. The van der Waals surface area contributed by atoms with Crippen molar-refractivity contribution in [1.29, 1.82) is 0 Å². The molecule has 1 rings (SSSR count). The van der Waals surface area contributed by atoms with Crippen molar-refractivity contribution < 1.29 is 14.6 Å². The molecule has 90 valence electrons. The number of rotatable bonds is 6. The van der Waals surface area contributed by atoms with Crippen molar-refractivity contribution in [3.05, 3.63) is 23.8 Å². The van der Waals surface area contributed by atoms with E-state index in [2.05, 4.69) is 0 Å². The van der Waals surface area contributed by atoms with Crippen LogP contribution in [0.4, 0.5) is 0 Å². The predicted octanol–water partition coefficient (Wildman–Crippen LogP) is 1.30. The van der Waals surface area contributed by atoms with Gasteiger partial charge in [0.05, 0.1) is 13.7 Å².